The van der Waals surface area contributed by atoms with Crippen molar-refractivity contribution in [1.29, 1.82) is 0 Å². The largest absolute Gasteiger partial charge is 0.505 e. The highest BCUT2D eigenvalue weighted by Crippen LogP contribution is 2.77. The average molecular weight is 790 g/mol. The molecular formula is C47H59N5O6. The van der Waals surface area contributed by atoms with Crippen LogP contribution in [0.25, 0.3) is 0 Å². The van der Waals surface area contributed by atoms with Gasteiger partial charge >= 0.3 is 5.97 Å². The molecule has 2 aromatic carbocycles. The molecule has 9 aliphatic heterocycles. The molecule has 0 amide bonds. The van der Waals surface area contributed by atoms with E-state index < -0.39 is 11.1 Å². The summed E-state index contributed by atoms with van der Waals surface area (Å²) in [4.78, 5) is 24.3. The lowest BCUT2D eigenvalue weighted by Gasteiger charge is -2.70. The predicted octanol–water partition coefficient (Wildman–Crippen LogP) is 4.70. The number of hydrogen-bond donors (Lipinski definition) is 3. The SMILES string of the molecule is CCN(CC)Cc1ccc2c(c1O)N1C[C@]3(C[C@@H]4C[C@]56CCO[C@H]5CCN5CC[C@@]2([C@@H]56)[C@]41O)CN1CC[C@]24C(=C(C(=O)OC)C[C@@]5(CCO[C@@H]35)[C@H]12)Nc1ccccc14. The molecule has 5 spiro atoms. The highest BCUT2D eigenvalue weighted by Gasteiger charge is 2.83. The van der Waals surface area contributed by atoms with Crippen LogP contribution >= 0.6 is 0 Å². The van der Waals surface area contributed by atoms with E-state index in [0.29, 0.717) is 31.9 Å². The molecule has 0 aromatic heterocycles. The second kappa shape index (κ2) is 11.4. The molecule has 13 rings (SSSR count). The van der Waals surface area contributed by atoms with Gasteiger partial charge in [0.05, 0.1) is 41.4 Å². The van der Waals surface area contributed by atoms with Gasteiger partial charge in [-0.2, -0.15) is 0 Å². The van der Waals surface area contributed by atoms with E-state index in [1.54, 1.807) is 0 Å². The van der Waals surface area contributed by atoms with Gasteiger partial charge in [-0.3, -0.25) is 14.7 Å². The number of methoxy groups -OCH3 is 1. The summed E-state index contributed by atoms with van der Waals surface area (Å²) in [5.41, 5.74) is 4.42. The molecule has 2 aromatic rings. The number of rotatable bonds is 5. The van der Waals surface area contributed by atoms with Gasteiger partial charge in [0, 0.05) is 90.6 Å². The molecule has 0 bridgehead atoms. The fourth-order valence-corrected chi connectivity index (χ4v) is 17.5. The molecule has 11 aliphatic rings. The molecule has 1 saturated carbocycles. The number of aliphatic hydroxyl groups is 1. The molecule has 308 valence electrons. The van der Waals surface area contributed by atoms with E-state index in [9.17, 15) is 15.0 Å². The van der Waals surface area contributed by atoms with Crippen LogP contribution in [0.1, 0.15) is 81.9 Å². The third kappa shape index (κ3) is 3.70. The summed E-state index contributed by atoms with van der Waals surface area (Å²) in [6.45, 7) is 12.6. The van der Waals surface area contributed by atoms with E-state index in [0.717, 1.165) is 125 Å². The topological polar surface area (TPSA) is 110 Å². The first-order valence-corrected chi connectivity index (χ1v) is 22.6. The Morgan fingerprint density at radius 2 is 1.74 bits per heavy atom. The standard InChI is InChI=1S/C47H59N5O6/c1-4-49(5-2)25-28-10-11-32-35(36(28)53)52-27-42(22-29-23-43-15-20-57-34(43)12-17-50-19-14-46(32,40(43)50)47(29,52)55)26-51-18-13-45-31-8-6-7-9-33(31)48-37(45)30(38(54)56-3)24-44(39(45)51)16-21-58-41(42)44/h6-11,29,34,39-41,48,53,55H,4-5,12-27H2,1-3H3/t29-,34+,39+,40+,41+,42+,43-,44+,45+,46-,47-/m1/s1. The normalized spacial score (nSPS) is 44.7. The van der Waals surface area contributed by atoms with Crippen LogP contribution in [0.2, 0.25) is 0 Å². The fourth-order valence-electron chi connectivity index (χ4n) is 17.5. The van der Waals surface area contributed by atoms with Crippen molar-refractivity contribution in [2.24, 2.45) is 22.2 Å². The minimum absolute atomic E-state index is 0.0456. The van der Waals surface area contributed by atoms with E-state index in [2.05, 4.69) is 75.2 Å². The van der Waals surface area contributed by atoms with Crippen molar-refractivity contribution in [3.63, 3.8) is 0 Å². The second-order valence-electron chi connectivity index (χ2n) is 20.5. The number of anilines is 2. The van der Waals surface area contributed by atoms with Crippen molar-refractivity contribution in [2.45, 2.75) is 113 Å². The summed E-state index contributed by atoms with van der Waals surface area (Å²) in [6.07, 6.45) is 7.18. The number of fused-ring (bicyclic) bond motifs is 4. The van der Waals surface area contributed by atoms with E-state index in [1.165, 1.54) is 12.7 Å². The Bertz CT molecular complexity index is 2190. The number of para-hydroxylation sites is 1. The van der Waals surface area contributed by atoms with Gasteiger partial charge in [-0.15, -0.1) is 0 Å². The minimum atomic E-state index is -1.15. The summed E-state index contributed by atoms with van der Waals surface area (Å²) < 4.78 is 19.6. The smallest absolute Gasteiger partial charge is 0.335 e. The molecule has 0 unspecified atom stereocenters. The molecule has 0 radical (unpaired) electrons. The van der Waals surface area contributed by atoms with Crippen molar-refractivity contribution in [3.8, 4) is 5.75 Å². The van der Waals surface area contributed by atoms with E-state index in [1.807, 2.05) is 0 Å². The zero-order chi connectivity index (χ0) is 39.2. The molecule has 3 N–H and O–H groups in total. The van der Waals surface area contributed by atoms with Crippen LogP contribution in [0.15, 0.2) is 47.7 Å². The first-order chi connectivity index (χ1) is 28.2. The van der Waals surface area contributed by atoms with Gasteiger partial charge in [-0.25, -0.2) is 4.79 Å². The number of piperidine rings is 3. The zero-order valence-electron chi connectivity index (χ0n) is 34.4. The lowest BCUT2D eigenvalue weighted by molar-refractivity contribution is -0.232. The number of ether oxygens (including phenoxy) is 3. The van der Waals surface area contributed by atoms with Crippen LogP contribution < -0.4 is 10.2 Å². The number of benzene rings is 2. The van der Waals surface area contributed by atoms with E-state index in [-0.39, 0.29) is 57.8 Å². The quantitative estimate of drug-likeness (QED) is 0.367. The van der Waals surface area contributed by atoms with Crippen LogP contribution in [0.3, 0.4) is 0 Å². The van der Waals surface area contributed by atoms with Crippen molar-refractivity contribution in [1.82, 2.24) is 14.7 Å². The second-order valence-corrected chi connectivity index (χ2v) is 20.5. The molecule has 9 heterocycles. The Morgan fingerprint density at radius 1 is 0.931 bits per heavy atom. The van der Waals surface area contributed by atoms with Crippen LogP contribution in [-0.2, 0) is 36.4 Å². The lowest BCUT2D eigenvalue weighted by Crippen LogP contribution is -2.81. The zero-order valence-corrected chi connectivity index (χ0v) is 34.4. The molecule has 7 saturated heterocycles. The van der Waals surface area contributed by atoms with E-state index >= 15 is 0 Å². The number of carbonyl (C=O) groups is 1. The van der Waals surface area contributed by atoms with E-state index in [4.69, 9.17) is 14.2 Å². The van der Waals surface area contributed by atoms with Gasteiger partial charge in [0.15, 0.2) is 5.72 Å². The van der Waals surface area contributed by atoms with Crippen molar-refractivity contribution in [2.75, 3.05) is 76.4 Å². The van der Waals surface area contributed by atoms with Crippen LogP contribution in [0.5, 0.6) is 5.75 Å². The molecular weight excluding hydrogens is 731 g/mol. The third-order valence-corrected chi connectivity index (χ3v) is 19.0. The van der Waals surface area contributed by atoms with Crippen molar-refractivity contribution in [3.05, 3.63) is 64.4 Å². The number of carbonyl (C=O) groups excluding carboxylic acids is 1. The molecule has 11 heteroatoms. The number of phenolic OH excluding ortho intramolecular Hbond substituents is 1. The number of aromatic hydroxyl groups is 1. The predicted molar refractivity (Wildman–Crippen MR) is 217 cm³/mol. The number of nitrogens with zero attached hydrogens (tertiary/aromatic N) is 4. The Labute approximate surface area is 341 Å². The monoisotopic (exact) mass is 789 g/mol. The molecule has 58 heavy (non-hydrogen) atoms. The van der Waals surface area contributed by atoms with Crippen LogP contribution in [-0.4, -0.2) is 127 Å². The van der Waals surface area contributed by atoms with Gasteiger partial charge < -0.3 is 34.6 Å². The summed E-state index contributed by atoms with van der Waals surface area (Å²) in [5.74, 6) is 0.0662. The minimum Gasteiger partial charge on any atom is -0.505 e. The first-order valence-electron chi connectivity index (χ1n) is 22.6. The van der Waals surface area contributed by atoms with Crippen molar-refractivity contribution >= 4 is 17.3 Å². The molecule has 2 aliphatic carbocycles. The van der Waals surface area contributed by atoms with Crippen LogP contribution in [0.4, 0.5) is 11.4 Å². The van der Waals surface area contributed by atoms with Gasteiger partial charge in [-0.05, 0) is 94.7 Å². The molecule has 11 atom stereocenters. The van der Waals surface area contributed by atoms with Gasteiger partial charge in [0.1, 0.15) is 5.75 Å². The molecule has 8 fully saturated rings. The fraction of sp³-hybridized carbons (Fsp3) is 0.681. The number of phenols is 1. The Hall–Kier alpha value is -3.19. The Morgan fingerprint density at radius 3 is 2.59 bits per heavy atom. The third-order valence-electron chi connectivity index (χ3n) is 19.0. The number of esters is 1. The summed E-state index contributed by atoms with van der Waals surface area (Å²) in [5, 5.41) is 30.8. The number of nitrogens with one attached hydrogen (secondary N) is 1. The summed E-state index contributed by atoms with van der Waals surface area (Å²) >= 11 is 0. The maximum atomic E-state index is 14.2. The highest BCUT2D eigenvalue weighted by atomic mass is 16.5. The molecule has 11 nitrogen and oxygen atoms in total. The highest BCUT2D eigenvalue weighted by molar-refractivity contribution is 5.93. The van der Waals surface area contributed by atoms with Gasteiger partial charge in [0.2, 0.25) is 0 Å². The first kappa shape index (κ1) is 35.6. The Kier molecular flexibility index (Phi) is 6.98. The summed E-state index contributed by atoms with van der Waals surface area (Å²) in [6, 6.07) is 13.5. The Balaban J connectivity index is 1.02. The maximum absolute atomic E-state index is 14.2. The van der Waals surface area contributed by atoms with Crippen LogP contribution in [0, 0.1) is 22.2 Å². The summed E-state index contributed by atoms with van der Waals surface area (Å²) in [7, 11) is 1.52. The number of hydrogen-bond acceptors (Lipinski definition) is 11. The maximum Gasteiger partial charge on any atom is 0.335 e. The lowest BCUT2D eigenvalue weighted by atomic mass is 9.43. The van der Waals surface area contributed by atoms with Crippen molar-refractivity contribution < 1.29 is 29.2 Å². The van der Waals surface area contributed by atoms with Gasteiger partial charge in [-0.1, -0.05) is 44.2 Å². The average Bonchev–Trinajstić information content (AvgIpc) is 4.09. The van der Waals surface area contributed by atoms with Gasteiger partial charge in [0.25, 0.3) is 0 Å².